The van der Waals surface area contributed by atoms with E-state index in [1.807, 2.05) is 0 Å². The van der Waals surface area contributed by atoms with Crippen LogP contribution in [-0.2, 0) is 0 Å². The van der Waals surface area contributed by atoms with Crippen LogP contribution in [0.1, 0.15) is 16.9 Å². The van der Waals surface area contributed by atoms with Crippen LogP contribution in [0.4, 0.5) is 8.78 Å². The third-order valence-corrected chi connectivity index (χ3v) is 1.40. The molecule has 66 valence electrons. The van der Waals surface area contributed by atoms with Gasteiger partial charge in [0.05, 0.1) is 0 Å². The first-order valence-corrected chi connectivity index (χ1v) is 3.16. The van der Waals surface area contributed by atoms with Crippen molar-refractivity contribution >= 4 is 17.6 Å². The molecule has 1 N–H and O–H groups in total. The molecule has 0 aliphatic heterocycles. The number of hydrogen-bond donors (Lipinski definition) is 1. The van der Waals surface area contributed by atoms with Crippen LogP contribution in [0.15, 0.2) is 6.20 Å². The van der Waals surface area contributed by atoms with Gasteiger partial charge in [0.2, 0.25) is 0 Å². The second-order valence-electron chi connectivity index (χ2n) is 1.90. The Morgan fingerprint density at radius 1 is 1.75 bits per heavy atom. The Bertz CT molecular complexity index is 312. The Kier molecular flexibility index (Phi) is 2.27. The molecule has 0 unspecified atom stereocenters. The lowest BCUT2D eigenvalue weighted by Crippen LogP contribution is -1.98. The van der Waals surface area contributed by atoms with Crippen LogP contribution in [-0.4, -0.2) is 20.9 Å². The first kappa shape index (κ1) is 8.92. The highest BCUT2D eigenvalue weighted by atomic mass is 35.5. The second kappa shape index (κ2) is 3.06. The normalized spacial score (nSPS) is 10.7. The zero-order chi connectivity index (χ0) is 9.30. The smallest absolute Gasteiger partial charge is 0.340 e. The fraction of sp³-hybridized carbons (Fsp3) is 0.200. The first-order valence-electron chi connectivity index (χ1n) is 2.78. The van der Waals surface area contributed by atoms with E-state index in [0.717, 1.165) is 0 Å². The van der Waals surface area contributed by atoms with E-state index in [4.69, 9.17) is 16.7 Å². The first-order chi connectivity index (χ1) is 5.52. The molecule has 0 fully saturated rings. The van der Waals surface area contributed by atoms with E-state index in [-0.39, 0.29) is 4.68 Å². The zero-order valence-electron chi connectivity index (χ0n) is 5.54. The summed E-state index contributed by atoms with van der Waals surface area (Å²) in [5.74, 6) is -1.38. The van der Waals surface area contributed by atoms with Gasteiger partial charge in [0.25, 0.3) is 0 Å². The van der Waals surface area contributed by atoms with Crippen molar-refractivity contribution in [2.24, 2.45) is 0 Å². The maximum absolute atomic E-state index is 11.9. The summed E-state index contributed by atoms with van der Waals surface area (Å²) in [6.07, 6.45) is 0.676. The topological polar surface area (TPSA) is 55.1 Å². The molecular weight excluding hydrogens is 194 g/mol. The van der Waals surface area contributed by atoms with Crippen LogP contribution in [0.2, 0.25) is 5.15 Å². The molecule has 7 heteroatoms. The zero-order valence-corrected chi connectivity index (χ0v) is 6.29. The molecule has 0 amide bonds. The standard InChI is InChI=1S/C5H3ClF2N2O2/c6-3-2(4(11)12)1-10(9-3)5(7)8/h1,5H,(H,11,12). The summed E-state index contributed by atoms with van der Waals surface area (Å²) in [7, 11) is 0. The fourth-order valence-corrected chi connectivity index (χ4v) is 0.830. The van der Waals surface area contributed by atoms with Gasteiger partial charge in [-0.05, 0) is 0 Å². The van der Waals surface area contributed by atoms with Gasteiger partial charge in [0.1, 0.15) is 5.56 Å². The number of nitrogens with zero attached hydrogens (tertiary/aromatic N) is 2. The van der Waals surface area contributed by atoms with Gasteiger partial charge in [-0.2, -0.15) is 13.9 Å². The molecule has 0 saturated carbocycles. The second-order valence-corrected chi connectivity index (χ2v) is 2.25. The SMILES string of the molecule is O=C(O)c1cn(C(F)F)nc1Cl. The summed E-state index contributed by atoms with van der Waals surface area (Å²) in [5.41, 5.74) is -0.433. The molecule has 0 atom stereocenters. The largest absolute Gasteiger partial charge is 0.478 e. The molecule has 4 nitrogen and oxygen atoms in total. The number of carbonyl (C=O) groups is 1. The third kappa shape index (κ3) is 1.53. The van der Waals surface area contributed by atoms with Gasteiger partial charge in [-0.15, -0.1) is 0 Å². The van der Waals surface area contributed by atoms with E-state index >= 15 is 0 Å². The quantitative estimate of drug-likeness (QED) is 0.782. The molecule has 0 aliphatic carbocycles. The number of carboxylic acid groups (broad SMARTS) is 1. The summed E-state index contributed by atoms with van der Waals surface area (Å²) >= 11 is 5.24. The van der Waals surface area contributed by atoms with Crippen molar-refractivity contribution in [3.63, 3.8) is 0 Å². The lowest BCUT2D eigenvalue weighted by Gasteiger charge is -1.94. The van der Waals surface area contributed by atoms with Crippen LogP contribution < -0.4 is 0 Å². The summed E-state index contributed by atoms with van der Waals surface area (Å²) in [6.45, 7) is -2.88. The minimum absolute atomic E-state index is 0.186. The van der Waals surface area contributed by atoms with Crippen LogP contribution in [0.5, 0.6) is 0 Å². The maximum atomic E-state index is 11.9. The summed E-state index contributed by atoms with van der Waals surface area (Å²) < 4.78 is 23.9. The Morgan fingerprint density at radius 3 is 2.58 bits per heavy atom. The van der Waals surface area contributed by atoms with Crippen molar-refractivity contribution in [3.05, 3.63) is 16.9 Å². The van der Waals surface area contributed by atoms with Gasteiger partial charge >= 0.3 is 12.5 Å². The Hall–Kier alpha value is -1.17. The van der Waals surface area contributed by atoms with Crippen molar-refractivity contribution in [1.82, 2.24) is 9.78 Å². The lowest BCUT2D eigenvalue weighted by atomic mass is 10.4. The number of carboxylic acids is 1. The predicted octanol–water partition coefficient (Wildman–Crippen LogP) is 1.63. The van der Waals surface area contributed by atoms with Crippen LogP contribution in [0, 0.1) is 0 Å². The van der Waals surface area contributed by atoms with Crippen molar-refractivity contribution < 1.29 is 18.7 Å². The molecular formula is C5H3ClF2N2O2. The third-order valence-electron chi connectivity index (χ3n) is 1.12. The number of hydrogen-bond acceptors (Lipinski definition) is 2. The maximum Gasteiger partial charge on any atom is 0.340 e. The number of aromatic carboxylic acids is 1. The minimum atomic E-state index is -2.88. The molecule has 12 heavy (non-hydrogen) atoms. The minimum Gasteiger partial charge on any atom is -0.478 e. The summed E-state index contributed by atoms with van der Waals surface area (Å²) in [4.78, 5) is 10.3. The van der Waals surface area contributed by atoms with E-state index in [0.29, 0.717) is 6.20 Å². The highest BCUT2D eigenvalue weighted by molar-refractivity contribution is 6.32. The Labute approximate surface area is 70.4 Å². The molecule has 0 saturated heterocycles. The highest BCUT2D eigenvalue weighted by Gasteiger charge is 2.16. The molecule has 1 aromatic heterocycles. The molecule has 0 aliphatic rings. The number of alkyl halides is 2. The number of aromatic nitrogens is 2. The van der Waals surface area contributed by atoms with Crippen molar-refractivity contribution in [3.8, 4) is 0 Å². The van der Waals surface area contributed by atoms with Gasteiger partial charge < -0.3 is 5.11 Å². The lowest BCUT2D eigenvalue weighted by molar-refractivity contribution is 0.0563. The van der Waals surface area contributed by atoms with E-state index < -0.39 is 23.2 Å². The van der Waals surface area contributed by atoms with E-state index in [2.05, 4.69) is 5.10 Å². The van der Waals surface area contributed by atoms with E-state index in [1.165, 1.54) is 0 Å². The van der Waals surface area contributed by atoms with Crippen molar-refractivity contribution in [2.75, 3.05) is 0 Å². The van der Waals surface area contributed by atoms with E-state index in [1.54, 1.807) is 0 Å². The van der Waals surface area contributed by atoms with Crippen LogP contribution in [0.25, 0.3) is 0 Å². The van der Waals surface area contributed by atoms with Crippen LogP contribution in [0.3, 0.4) is 0 Å². The highest BCUT2D eigenvalue weighted by Crippen LogP contribution is 2.17. The van der Waals surface area contributed by atoms with Gasteiger partial charge in [0.15, 0.2) is 5.15 Å². The van der Waals surface area contributed by atoms with Gasteiger partial charge in [-0.1, -0.05) is 11.6 Å². The predicted molar refractivity (Wildman–Crippen MR) is 35.4 cm³/mol. The molecule has 0 aromatic carbocycles. The monoisotopic (exact) mass is 196 g/mol. The summed E-state index contributed by atoms with van der Waals surface area (Å²) in [5, 5.41) is 11.0. The average Bonchev–Trinajstić information content (AvgIpc) is 2.30. The number of rotatable bonds is 2. The van der Waals surface area contributed by atoms with Crippen molar-refractivity contribution in [1.29, 1.82) is 0 Å². The Morgan fingerprint density at radius 2 is 2.33 bits per heavy atom. The van der Waals surface area contributed by atoms with Crippen molar-refractivity contribution in [2.45, 2.75) is 6.55 Å². The van der Waals surface area contributed by atoms with Gasteiger partial charge in [0, 0.05) is 6.20 Å². The van der Waals surface area contributed by atoms with Gasteiger partial charge in [-0.25, -0.2) is 9.48 Å². The Balaban J connectivity index is 3.09. The average molecular weight is 197 g/mol. The molecule has 0 spiro atoms. The molecule has 0 bridgehead atoms. The van der Waals surface area contributed by atoms with E-state index in [9.17, 15) is 13.6 Å². The molecule has 0 radical (unpaired) electrons. The van der Waals surface area contributed by atoms with Crippen LogP contribution >= 0.6 is 11.6 Å². The molecule has 1 rings (SSSR count). The van der Waals surface area contributed by atoms with Gasteiger partial charge in [-0.3, -0.25) is 0 Å². The number of halogens is 3. The fourth-order valence-electron chi connectivity index (χ4n) is 0.613. The molecule has 1 heterocycles. The molecule has 1 aromatic rings. The summed E-state index contributed by atoms with van der Waals surface area (Å²) in [6, 6.07) is 0.